The Bertz CT molecular complexity index is 812. The molecule has 4 nitrogen and oxygen atoms in total. The Hall–Kier alpha value is -2.40. The Morgan fingerprint density at radius 2 is 2.04 bits per heavy atom. The van der Waals surface area contributed by atoms with E-state index in [2.05, 4.69) is 5.32 Å². The molecule has 24 heavy (non-hydrogen) atoms. The van der Waals surface area contributed by atoms with Gasteiger partial charge < -0.3 is 5.32 Å². The van der Waals surface area contributed by atoms with Gasteiger partial charge in [0.15, 0.2) is 0 Å². The maximum Gasteiger partial charge on any atom is 0.325 e. The Morgan fingerprint density at radius 3 is 2.88 bits per heavy atom. The van der Waals surface area contributed by atoms with Crippen LogP contribution in [0, 0.1) is 0 Å². The number of hydrogen-bond acceptors (Lipinski definition) is 3. The number of nitrogens with one attached hydrogen (secondary N) is 1. The van der Waals surface area contributed by atoms with Crippen molar-refractivity contribution < 1.29 is 9.59 Å². The molecule has 1 saturated heterocycles. The summed E-state index contributed by atoms with van der Waals surface area (Å²) in [5.41, 5.74) is 1.20. The topological polar surface area (TPSA) is 49.4 Å². The number of amides is 3. The molecule has 1 N–H and O–H groups in total. The molecule has 1 aliphatic carbocycles. The summed E-state index contributed by atoms with van der Waals surface area (Å²) in [6.07, 6.45) is 6.39. The van der Waals surface area contributed by atoms with Gasteiger partial charge in [-0.25, -0.2) is 4.79 Å². The predicted molar refractivity (Wildman–Crippen MR) is 94.7 cm³/mol. The fourth-order valence-electron chi connectivity index (χ4n) is 3.57. The van der Waals surface area contributed by atoms with Gasteiger partial charge in [-0.1, -0.05) is 42.5 Å². The van der Waals surface area contributed by atoms with E-state index in [-0.39, 0.29) is 11.9 Å². The standard InChI is InChI=1S/C19H18N2O2S/c22-17-19(11-4-9-16-15(19)10-13-24-16)20-18(23)21(17)12-5-8-14-6-2-1-3-7-14/h1-3,5-8,10,13H,4,9,11-12H2,(H,20,23)/b8-5+/t19-/m0/s1. The van der Waals surface area contributed by atoms with Gasteiger partial charge in [0.1, 0.15) is 5.54 Å². The van der Waals surface area contributed by atoms with Crippen molar-refractivity contribution in [1.29, 1.82) is 0 Å². The maximum atomic E-state index is 13.0. The van der Waals surface area contributed by atoms with E-state index < -0.39 is 5.54 Å². The first kappa shape index (κ1) is 15.1. The minimum atomic E-state index is -0.842. The summed E-state index contributed by atoms with van der Waals surface area (Å²) >= 11 is 1.67. The molecule has 1 spiro atoms. The average Bonchev–Trinajstić information content (AvgIpc) is 3.16. The molecule has 4 rings (SSSR count). The summed E-state index contributed by atoms with van der Waals surface area (Å²) in [5, 5.41) is 4.98. The van der Waals surface area contributed by atoms with Gasteiger partial charge >= 0.3 is 6.03 Å². The molecule has 0 unspecified atom stereocenters. The van der Waals surface area contributed by atoms with E-state index in [0.717, 1.165) is 24.0 Å². The number of thiophene rings is 1. The predicted octanol–water partition coefficient (Wildman–Crippen LogP) is 3.54. The number of carbonyl (C=O) groups is 2. The summed E-state index contributed by atoms with van der Waals surface area (Å²) in [7, 11) is 0. The van der Waals surface area contributed by atoms with Crippen molar-refractivity contribution in [2.75, 3.05) is 6.54 Å². The summed E-state index contributed by atoms with van der Waals surface area (Å²) in [6, 6.07) is 11.5. The molecule has 0 bridgehead atoms. The van der Waals surface area contributed by atoms with Crippen molar-refractivity contribution >= 4 is 29.4 Å². The number of imide groups is 1. The van der Waals surface area contributed by atoms with Crippen molar-refractivity contribution in [3.8, 4) is 0 Å². The Kier molecular flexibility index (Phi) is 3.73. The zero-order chi connectivity index (χ0) is 16.6. The van der Waals surface area contributed by atoms with Crippen LogP contribution in [0.2, 0.25) is 0 Å². The van der Waals surface area contributed by atoms with Gasteiger partial charge in [0.05, 0.1) is 0 Å². The van der Waals surface area contributed by atoms with E-state index in [1.165, 1.54) is 9.78 Å². The van der Waals surface area contributed by atoms with Crippen LogP contribution in [0.4, 0.5) is 4.79 Å². The average molecular weight is 338 g/mol. The summed E-state index contributed by atoms with van der Waals surface area (Å²) in [6.45, 7) is 0.292. The molecular formula is C19H18N2O2S. The maximum absolute atomic E-state index is 13.0. The lowest BCUT2D eigenvalue weighted by molar-refractivity contribution is -0.131. The number of hydrogen-bond donors (Lipinski definition) is 1. The van der Waals surface area contributed by atoms with Crippen molar-refractivity contribution in [1.82, 2.24) is 10.2 Å². The van der Waals surface area contributed by atoms with Crippen LogP contribution in [0.3, 0.4) is 0 Å². The van der Waals surface area contributed by atoms with Crippen molar-refractivity contribution in [3.05, 3.63) is 63.9 Å². The van der Waals surface area contributed by atoms with Gasteiger partial charge in [-0.2, -0.15) is 0 Å². The molecule has 1 atom stereocenters. The molecule has 0 saturated carbocycles. The quantitative estimate of drug-likeness (QED) is 0.870. The van der Waals surface area contributed by atoms with E-state index >= 15 is 0 Å². The Balaban J connectivity index is 1.56. The number of urea groups is 1. The van der Waals surface area contributed by atoms with Crippen LogP contribution in [-0.4, -0.2) is 23.4 Å². The molecule has 1 fully saturated rings. The molecule has 0 radical (unpaired) electrons. The lowest BCUT2D eigenvalue weighted by Gasteiger charge is -2.31. The van der Waals surface area contributed by atoms with Crippen molar-refractivity contribution in [2.24, 2.45) is 0 Å². The zero-order valence-corrected chi connectivity index (χ0v) is 14.0. The monoisotopic (exact) mass is 338 g/mol. The van der Waals surface area contributed by atoms with Gasteiger partial charge in [-0.3, -0.25) is 9.69 Å². The second kappa shape index (κ2) is 5.91. The molecule has 3 amide bonds. The highest BCUT2D eigenvalue weighted by Crippen LogP contribution is 2.42. The summed E-state index contributed by atoms with van der Waals surface area (Å²) < 4.78 is 0. The SMILES string of the molecule is O=C1N[C@]2(CCCc3sccc32)C(=O)N1C/C=C/c1ccccc1. The van der Waals surface area contributed by atoms with Crippen LogP contribution >= 0.6 is 11.3 Å². The first-order chi connectivity index (χ1) is 11.7. The zero-order valence-electron chi connectivity index (χ0n) is 13.2. The van der Waals surface area contributed by atoms with Crippen LogP contribution in [0.15, 0.2) is 47.9 Å². The van der Waals surface area contributed by atoms with Crippen LogP contribution in [0.25, 0.3) is 6.08 Å². The molecular weight excluding hydrogens is 320 g/mol. The van der Waals surface area contributed by atoms with Crippen LogP contribution in [0.1, 0.15) is 28.8 Å². The van der Waals surface area contributed by atoms with Gasteiger partial charge in [0.2, 0.25) is 0 Å². The fraction of sp³-hybridized carbons (Fsp3) is 0.263. The van der Waals surface area contributed by atoms with Gasteiger partial charge in [-0.05, 0) is 36.3 Å². The van der Waals surface area contributed by atoms with E-state index in [9.17, 15) is 9.59 Å². The first-order valence-corrected chi connectivity index (χ1v) is 9.01. The number of fused-ring (bicyclic) bond motifs is 2. The highest BCUT2D eigenvalue weighted by atomic mass is 32.1. The van der Waals surface area contributed by atoms with E-state index in [0.29, 0.717) is 13.0 Å². The van der Waals surface area contributed by atoms with Gasteiger partial charge in [0, 0.05) is 17.0 Å². The van der Waals surface area contributed by atoms with Crippen LogP contribution < -0.4 is 5.32 Å². The molecule has 2 aromatic rings. The molecule has 5 heteroatoms. The smallest absolute Gasteiger partial charge is 0.319 e. The molecule has 1 aliphatic heterocycles. The van der Waals surface area contributed by atoms with Crippen LogP contribution in [-0.2, 0) is 16.8 Å². The largest absolute Gasteiger partial charge is 0.325 e. The lowest BCUT2D eigenvalue weighted by atomic mass is 9.80. The molecule has 122 valence electrons. The molecule has 2 heterocycles. The third-order valence-corrected chi connectivity index (χ3v) is 5.72. The second-order valence-corrected chi connectivity index (χ2v) is 7.18. The molecule has 1 aromatic carbocycles. The Morgan fingerprint density at radius 1 is 1.21 bits per heavy atom. The third kappa shape index (κ3) is 2.36. The Labute approximate surface area is 144 Å². The number of aryl methyl sites for hydroxylation is 1. The minimum absolute atomic E-state index is 0.121. The molecule has 1 aromatic heterocycles. The van der Waals surface area contributed by atoms with E-state index in [1.54, 1.807) is 11.3 Å². The van der Waals surface area contributed by atoms with Gasteiger partial charge in [-0.15, -0.1) is 11.3 Å². The van der Waals surface area contributed by atoms with E-state index in [1.807, 2.05) is 53.9 Å². The second-order valence-electron chi connectivity index (χ2n) is 6.18. The van der Waals surface area contributed by atoms with Crippen LogP contribution in [0.5, 0.6) is 0 Å². The lowest BCUT2D eigenvalue weighted by Crippen LogP contribution is -2.46. The summed E-state index contributed by atoms with van der Waals surface area (Å²) in [4.78, 5) is 27.9. The number of carbonyl (C=O) groups excluding carboxylic acids is 2. The number of rotatable bonds is 3. The van der Waals surface area contributed by atoms with Crippen molar-refractivity contribution in [2.45, 2.75) is 24.8 Å². The molecule has 2 aliphatic rings. The number of nitrogens with zero attached hydrogens (tertiary/aromatic N) is 1. The van der Waals surface area contributed by atoms with Crippen molar-refractivity contribution in [3.63, 3.8) is 0 Å². The fourth-order valence-corrected chi connectivity index (χ4v) is 4.57. The number of benzene rings is 1. The highest BCUT2D eigenvalue weighted by molar-refractivity contribution is 7.10. The normalized spacial score (nSPS) is 23.1. The van der Waals surface area contributed by atoms with E-state index in [4.69, 9.17) is 0 Å². The summed E-state index contributed by atoms with van der Waals surface area (Å²) in [5.74, 6) is -0.121. The first-order valence-electron chi connectivity index (χ1n) is 8.13. The highest BCUT2D eigenvalue weighted by Gasteiger charge is 2.53. The minimum Gasteiger partial charge on any atom is -0.319 e. The van der Waals surface area contributed by atoms with Gasteiger partial charge in [0.25, 0.3) is 5.91 Å². The third-order valence-electron chi connectivity index (χ3n) is 4.73.